The van der Waals surface area contributed by atoms with E-state index in [-0.39, 0.29) is 17.8 Å². The summed E-state index contributed by atoms with van der Waals surface area (Å²) in [4.78, 5) is 26.0. The number of hydrogen-bond acceptors (Lipinski definition) is 3. The molecule has 1 fully saturated rings. The summed E-state index contributed by atoms with van der Waals surface area (Å²) in [7, 11) is 0. The molecular formula is C19H20FN3O3. The predicted octanol–water partition coefficient (Wildman–Crippen LogP) is 2.64. The van der Waals surface area contributed by atoms with Gasteiger partial charge in [0.2, 0.25) is 0 Å². The number of nitrogens with zero attached hydrogens (tertiary/aromatic N) is 1. The van der Waals surface area contributed by atoms with Gasteiger partial charge in [-0.3, -0.25) is 10.2 Å². The summed E-state index contributed by atoms with van der Waals surface area (Å²) in [6, 6.07) is 14.3. The van der Waals surface area contributed by atoms with Crippen molar-refractivity contribution in [2.45, 2.75) is 19.1 Å². The highest BCUT2D eigenvalue weighted by atomic mass is 19.1. The van der Waals surface area contributed by atoms with Crippen molar-refractivity contribution in [1.29, 1.82) is 0 Å². The monoisotopic (exact) mass is 357 g/mol. The molecule has 0 radical (unpaired) electrons. The maximum Gasteiger partial charge on any atom is 0.336 e. The second-order valence-electron chi connectivity index (χ2n) is 6.14. The number of nitrogens with one attached hydrogen (secondary N) is 2. The van der Waals surface area contributed by atoms with Gasteiger partial charge in [0.1, 0.15) is 11.9 Å². The minimum atomic E-state index is -0.515. The first-order valence-corrected chi connectivity index (χ1v) is 8.34. The maximum absolute atomic E-state index is 12.9. The van der Waals surface area contributed by atoms with Crippen LogP contribution in [0.25, 0.3) is 0 Å². The quantitative estimate of drug-likeness (QED) is 0.812. The van der Waals surface area contributed by atoms with Gasteiger partial charge in [-0.05, 0) is 36.8 Å². The highest BCUT2D eigenvalue weighted by molar-refractivity contribution is 5.95. The summed E-state index contributed by atoms with van der Waals surface area (Å²) in [5.74, 6) is -0.945. The molecule has 0 unspecified atom stereocenters. The Kier molecular flexibility index (Phi) is 5.48. The van der Waals surface area contributed by atoms with E-state index in [0.29, 0.717) is 13.1 Å². The summed E-state index contributed by atoms with van der Waals surface area (Å²) < 4.78 is 18.8. The van der Waals surface area contributed by atoms with E-state index in [4.69, 9.17) is 4.74 Å². The summed E-state index contributed by atoms with van der Waals surface area (Å²) in [6.07, 6.45) is -0.356. The van der Waals surface area contributed by atoms with Crippen LogP contribution in [0.2, 0.25) is 0 Å². The van der Waals surface area contributed by atoms with Crippen LogP contribution in [0.1, 0.15) is 28.9 Å². The van der Waals surface area contributed by atoms with E-state index in [0.717, 1.165) is 5.56 Å². The van der Waals surface area contributed by atoms with E-state index in [1.807, 2.05) is 37.3 Å². The average Bonchev–Trinajstić information content (AvgIpc) is 2.66. The van der Waals surface area contributed by atoms with E-state index < -0.39 is 17.8 Å². The van der Waals surface area contributed by atoms with Crippen molar-refractivity contribution < 1.29 is 18.7 Å². The van der Waals surface area contributed by atoms with E-state index >= 15 is 0 Å². The third-order valence-corrected chi connectivity index (χ3v) is 4.11. The molecule has 6 nitrogen and oxygen atoms in total. The average molecular weight is 357 g/mol. The molecule has 1 heterocycles. The molecular weight excluding hydrogens is 337 g/mol. The van der Waals surface area contributed by atoms with Crippen LogP contribution in [-0.2, 0) is 4.74 Å². The van der Waals surface area contributed by atoms with Crippen molar-refractivity contribution in [3.63, 3.8) is 0 Å². The summed E-state index contributed by atoms with van der Waals surface area (Å²) >= 11 is 0. The molecule has 0 saturated carbocycles. The topological polar surface area (TPSA) is 70.7 Å². The van der Waals surface area contributed by atoms with Gasteiger partial charge in [0, 0.05) is 12.1 Å². The number of halogens is 1. The molecule has 2 aromatic carbocycles. The number of morpholine rings is 1. The van der Waals surface area contributed by atoms with E-state index in [1.165, 1.54) is 24.3 Å². The molecule has 1 saturated heterocycles. The lowest BCUT2D eigenvalue weighted by atomic mass is 10.1. The lowest BCUT2D eigenvalue weighted by Crippen LogP contribution is -2.54. The number of ether oxygens (including phenoxy) is 1. The third kappa shape index (κ3) is 4.37. The molecule has 1 aliphatic heterocycles. The summed E-state index contributed by atoms with van der Waals surface area (Å²) in [6.45, 7) is 2.70. The number of urea groups is 1. The zero-order valence-corrected chi connectivity index (χ0v) is 14.3. The van der Waals surface area contributed by atoms with Gasteiger partial charge in [-0.15, -0.1) is 0 Å². The van der Waals surface area contributed by atoms with Gasteiger partial charge in [0.05, 0.1) is 12.6 Å². The lowest BCUT2D eigenvalue weighted by Gasteiger charge is -2.36. The normalized spacial score (nSPS) is 19.7. The first kappa shape index (κ1) is 17.9. The molecule has 0 aromatic heterocycles. The molecule has 0 bridgehead atoms. The second kappa shape index (κ2) is 7.97. The Hall–Kier alpha value is -2.93. The number of hydrazine groups is 1. The fourth-order valence-corrected chi connectivity index (χ4v) is 2.83. The molecule has 2 N–H and O–H groups in total. The number of amides is 3. The van der Waals surface area contributed by atoms with Crippen molar-refractivity contribution in [3.8, 4) is 0 Å². The molecule has 7 heteroatoms. The fourth-order valence-electron chi connectivity index (χ4n) is 2.83. The van der Waals surface area contributed by atoms with Crippen molar-refractivity contribution in [1.82, 2.24) is 15.8 Å². The Labute approximate surface area is 150 Å². The minimum absolute atomic E-state index is 0.132. The molecule has 26 heavy (non-hydrogen) atoms. The Bertz CT molecular complexity index is 767. The van der Waals surface area contributed by atoms with Gasteiger partial charge < -0.3 is 9.64 Å². The van der Waals surface area contributed by atoms with Gasteiger partial charge in [0.25, 0.3) is 5.91 Å². The standard InChI is InChI=1S/C19H20FN3O3/c1-13-11-23(12-17(26-13)14-5-3-2-4-6-14)19(25)22-21-18(24)15-7-9-16(20)10-8-15/h2-10,13,17H,11-12H2,1H3,(H,21,24)(H,22,25)/t13-,17+/m1/s1. The van der Waals surface area contributed by atoms with Crippen LogP contribution < -0.4 is 10.9 Å². The Morgan fingerprint density at radius 2 is 1.73 bits per heavy atom. The number of benzene rings is 2. The van der Waals surface area contributed by atoms with Gasteiger partial charge >= 0.3 is 6.03 Å². The number of hydrogen-bond donors (Lipinski definition) is 2. The lowest BCUT2D eigenvalue weighted by molar-refractivity contribution is -0.0658. The van der Waals surface area contributed by atoms with Crippen LogP contribution in [-0.4, -0.2) is 36.0 Å². The summed E-state index contributed by atoms with van der Waals surface area (Å²) in [5, 5.41) is 0. The largest absolute Gasteiger partial charge is 0.367 e. The van der Waals surface area contributed by atoms with Gasteiger partial charge in [-0.25, -0.2) is 14.6 Å². The molecule has 3 amide bonds. The second-order valence-corrected chi connectivity index (χ2v) is 6.14. The predicted molar refractivity (Wildman–Crippen MR) is 93.7 cm³/mol. The zero-order chi connectivity index (χ0) is 18.5. The highest BCUT2D eigenvalue weighted by Gasteiger charge is 2.29. The molecule has 0 spiro atoms. The van der Waals surface area contributed by atoms with E-state index in [2.05, 4.69) is 10.9 Å². The van der Waals surface area contributed by atoms with Crippen LogP contribution in [0, 0.1) is 5.82 Å². The third-order valence-electron chi connectivity index (χ3n) is 4.11. The van der Waals surface area contributed by atoms with Crippen molar-refractivity contribution in [2.75, 3.05) is 13.1 Å². The van der Waals surface area contributed by atoms with Gasteiger partial charge in [-0.1, -0.05) is 30.3 Å². The van der Waals surface area contributed by atoms with E-state index in [1.54, 1.807) is 4.90 Å². The minimum Gasteiger partial charge on any atom is -0.367 e. The smallest absolute Gasteiger partial charge is 0.336 e. The molecule has 0 aliphatic carbocycles. The van der Waals surface area contributed by atoms with Crippen LogP contribution in [0.3, 0.4) is 0 Å². The molecule has 136 valence electrons. The first-order valence-electron chi connectivity index (χ1n) is 8.34. The summed E-state index contributed by atoms with van der Waals surface area (Å²) in [5.41, 5.74) is 5.98. The SMILES string of the molecule is C[C@@H]1CN(C(=O)NNC(=O)c2ccc(F)cc2)C[C@@H](c2ccccc2)O1. The first-order chi connectivity index (χ1) is 12.5. The van der Waals surface area contributed by atoms with Crippen molar-refractivity contribution in [2.24, 2.45) is 0 Å². The Morgan fingerprint density at radius 3 is 2.42 bits per heavy atom. The van der Waals surface area contributed by atoms with E-state index in [9.17, 15) is 14.0 Å². The van der Waals surface area contributed by atoms with Crippen molar-refractivity contribution >= 4 is 11.9 Å². The molecule has 3 rings (SSSR count). The molecule has 2 aromatic rings. The number of rotatable bonds is 2. The van der Waals surface area contributed by atoms with Gasteiger partial charge in [0.15, 0.2) is 0 Å². The molecule has 1 aliphatic rings. The maximum atomic E-state index is 12.9. The fraction of sp³-hybridized carbons (Fsp3) is 0.263. The Balaban J connectivity index is 1.58. The highest BCUT2D eigenvalue weighted by Crippen LogP contribution is 2.24. The Morgan fingerprint density at radius 1 is 1.04 bits per heavy atom. The zero-order valence-electron chi connectivity index (χ0n) is 14.3. The van der Waals surface area contributed by atoms with Crippen LogP contribution >= 0.6 is 0 Å². The number of carbonyl (C=O) groups excluding carboxylic acids is 2. The van der Waals surface area contributed by atoms with Crippen LogP contribution in [0.4, 0.5) is 9.18 Å². The molecule has 2 atom stereocenters. The van der Waals surface area contributed by atoms with Crippen LogP contribution in [0.15, 0.2) is 54.6 Å². The number of carbonyl (C=O) groups is 2. The van der Waals surface area contributed by atoms with Crippen molar-refractivity contribution in [3.05, 3.63) is 71.5 Å². The van der Waals surface area contributed by atoms with Gasteiger partial charge in [-0.2, -0.15) is 0 Å². The van der Waals surface area contributed by atoms with Crippen LogP contribution in [0.5, 0.6) is 0 Å².